The molecule has 1 aromatic rings. The van der Waals surface area contributed by atoms with Crippen LogP contribution in [-0.2, 0) is 0 Å². The van der Waals surface area contributed by atoms with Gasteiger partial charge in [-0.2, -0.15) is 0 Å². The summed E-state index contributed by atoms with van der Waals surface area (Å²) in [6, 6.07) is 0. The number of H-pyrrole nitrogens is 1. The monoisotopic (exact) mass is 304 g/mol. The van der Waals surface area contributed by atoms with E-state index in [0.29, 0.717) is 12.2 Å². The second kappa shape index (κ2) is 3.31. The number of fused-ring (bicyclic) bond motifs is 1. The van der Waals surface area contributed by atoms with Gasteiger partial charge >= 0.3 is 0 Å². The van der Waals surface area contributed by atoms with E-state index in [1.807, 2.05) is 12.2 Å². The highest BCUT2D eigenvalue weighted by Crippen LogP contribution is 2.30. The van der Waals surface area contributed by atoms with Crippen LogP contribution in [0.5, 0.6) is 0 Å². The van der Waals surface area contributed by atoms with Crippen molar-refractivity contribution in [3.63, 3.8) is 0 Å². The van der Waals surface area contributed by atoms with E-state index < -0.39 is 0 Å². The second-order valence-electron chi connectivity index (χ2n) is 2.65. The molecule has 13 heavy (non-hydrogen) atoms. The number of hydrogen-bond acceptors (Lipinski definition) is 1. The van der Waals surface area contributed by atoms with Gasteiger partial charge < -0.3 is 10.3 Å². The Morgan fingerprint density at radius 1 is 1.38 bits per heavy atom. The minimum atomic E-state index is -0.0774. The van der Waals surface area contributed by atoms with Gasteiger partial charge in [-0.1, -0.05) is 12.2 Å². The quantitative estimate of drug-likeness (QED) is 0.759. The molecule has 1 amide bonds. The lowest BCUT2D eigenvalue weighted by molar-refractivity contribution is 0.0954. The lowest BCUT2D eigenvalue weighted by Gasteiger charge is -1.96. The fourth-order valence-electron chi connectivity index (χ4n) is 1.21. The summed E-state index contributed by atoms with van der Waals surface area (Å²) in [6.45, 7) is 0.575. The number of hydrogen-bond donors (Lipinski definition) is 2. The van der Waals surface area contributed by atoms with Crippen molar-refractivity contribution in [1.29, 1.82) is 0 Å². The zero-order valence-electron chi connectivity index (χ0n) is 6.53. The number of aromatic nitrogens is 1. The number of halogens is 2. The van der Waals surface area contributed by atoms with Crippen LogP contribution < -0.4 is 5.32 Å². The largest absolute Gasteiger partial charge is 0.347 e. The summed E-state index contributed by atoms with van der Waals surface area (Å²) in [7, 11) is 0. The minimum absolute atomic E-state index is 0.0774. The Hall–Kier alpha value is -0.550. The maximum Gasteiger partial charge on any atom is 0.268 e. The molecule has 1 aromatic heterocycles. The molecule has 0 atom stereocenters. The van der Waals surface area contributed by atoms with Crippen LogP contribution in [-0.4, -0.2) is 17.4 Å². The van der Waals surface area contributed by atoms with E-state index >= 15 is 0 Å². The molecule has 2 N–H and O–H groups in total. The smallest absolute Gasteiger partial charge is 0.268 e. The Kier molecular flexibility index (Phi) is 2.29. The summed E-state index contributed by atoms with van der Waals surface area (Å²) >= 11 is 6.70. The molecule has 0 radical (unpaired) electrons. The first-order chi connectivity index (χ1) is 6.20. The third-order valence-corrected chi connectivity index (χ3v) is 3.78. The molecular formula is C8H6Br2N2O. The normalized spacial score (nSPS) is 15.1. The Morgan fingerprint density at radius 2 is 2.15 bits per heavy atom. The zero-order valence-corrected chi connectivity index (χ0v) is 9.70. The van der Waals surface area contributed by atoms with Crippen LogP contribution in [0.15, 0.2) is 15.2 Å². The van der Waals surface area contributed by atoms with Gasteiger partial charge in [-0.15, -0.1) is 0 Å². The SMILES string of the molecule is O=C1NCC=Cc2c1[nH]c(Br)c2Br. The number of carbonyl (C=O) groups excluding carboxylic acids is 1. The molecule has 68 valence electrons. The van der Waals surface area contributed by atoms with Crippen LogP contribution in [0.2, 0.25) is 0 Å². The Labute approximate surface area is 91.9 Å². The van der Waals surface area contributed by atoms with Crippen molar-refractivity contribution in [2.24, 2.45) is 0 Å². The summed E-state index contributed by atoms with van der Waals surface area (Å²) in [6.07, 6.45) is 3.83. The molecule has 0 unspecified atom stereocenters. The van der Waals surface area contributed by atoms with E-state index in [1.165, 1.54) is 0 Å². The van der Waals surface area contributed by atoms with E-state index in [2.05, 4.69) is 42.2 Å². The Bertz CT molecular complexity index is 395. The molecule has 0 aliphatic carbocycles. The highest BCUT2D eigenvalue weighted by Gasteiger charge is 2.18. The van der Waals surface area contributed by atoms with Crippen molar-refractivity contribution in [1.82, 2.24) is 10.3 Å². The van der Waals surface area contributed by atoms with Crippen molar-refractivity contribution in [2.45, 2.75) is 0 Å². The Morgan fingerprint density at radius 3 is 2.92 bits per heavy atom. The number of rotatable bonds is 0. The van der Waals surface area contributed by atoms with Crippen LogP contribution >= 0.6 is 31.9 Å². The van der Waals surface area contributed by atoms with Gasteiger partial charge in [0.2, 0.25) is 0 Å². The van der Waals surface area contributed by atoms with E-state index in [1.54, 1.807) is 0 Å². The molecule has 0 saturated heterocycles. The average molecular weight is 306 g/mol. The maximum absolute atomic E-state index is 11.4. The molecule has 1 aliphatic heterocycles. The van der Waals surface area contributed by atoms with Crippen molar-refractivity contribution < 1.29 is 4.79 Å². The predicted molar refractivity (Wildman–Crippen MR) is 57.6 cm³/mol. The van der Waals surface area contributed by atoms with Crippen molar-refractivity contribution in [3.8, 4) is 0 Å². The van der Waals surface area contributed by atoms with E-state index in [-0.39, 0.29) is 5.91 Å². The predicted octanol–water partition coefficient (Wildman–Crippen LogP) is 2.30. The highest BCUT2D eigenvalue weighted by molar-refractivity contribution is 9.13. The summed E-state index contributed by atoms with van der Waals surface area (Å²) in [5.41, 5.74) is 1.48. The number of carbonyl (C=O) groups is 1. The van der Waals surface area contributed by atoms with Crippen LogP contribution in [0, 0.1) is 0 Å². The van der Waals surface area contributed by atoms with Crippen LogP contribution in [0.4, 0.5) is 0 Å². The molecule has 2 rings (SSSR count). The lowest BCUT2D eigenvalue weighted by atomic mass is 10.2. The Balaban J connectivity index is 2.64. The summed E-state index contributed by atoms with van der Waals surface area (Å²) < 4.78 is 1.68. The molecule has 0 fully saturated rings. The van der Waals surface area contributed by atoms with Gasteiger partial charge in [0, 0.05) is 12.1 Å². The van der Waals surface area contributed by atoms with Crippen molar-refractivity contribution in [2.75, 3.05) is 6.54 Å². The summed E-state index contributed by atoms with van der Waals surface area (Å²) in [5, 5.41) is 2.74. The molecule has 2 heterocycles. The van der Waals surface area contributed by atoms with Crippen LogP contribution in [0.1, 0.15) is 16.1 Å². The molecule has 0 bridgehead atoms. The van der Waals surface area contributed by atoms with Crippen molar-refractivity contribution in [3.05, 3.63) is 26.4 Å². The number of aromatic amines is 1. The second-order valence-corrected chi connectivity index (χ2v) is 4.24. The average Bonchev–Trinajstić information content (AvgIpc) is 2.30. The first kappa shape index (κ1) is 9.02. The molecule has 0 spiro atoms. The molecular weight excluding hydrogens is 300 g/mol. The van der Waals surface area contributed by atoms with E-state index in [9.17, 15) is 4.79 Å². The first-order valence-corrected chi connectivity index (χ1v) is 5.30. The lowest BCUT2D eigenvalue weighted by Crippen LogP contribution is -2.22. The fraction of sp³-hybridized carbons (Fsp3) is 0.125. The number of nitrogens with one attached hydrogen (secondary N) is 2. The van der Waals surface area contributed by atoms with Crippen LogP contribution in [0.3, 0.4) is 0 Å². The fourth-order valence-corrected chi connectivity index (χ4v) is 2.05. The third kappa shape index (κ3) is 1.46. The van der Waals surface area contributed by atoms with Gasteiger partial charge in [-0.05, 0) is 31.9 Å². The van der Waals surface area contributed by atoms with Crippen LogP contribution in [0.25, 0.3) is 6.08 Å². The first-order valence-electron chi connectivity index (χ1n) is 3.72. The number of amides is 1. The molecule has 3 nitrogen and oxygen atoms in total. The third-order valence-electron chi connectivity index (χ3n) is 1.83. The molecule has 0 saturated carbocycles. The van der Waals surface area contributed by atoms with Gasteiger partial charge in [-0.3, -0.25) is 4.79 Å². The van der Waals surface area contributed by atoms with E-state index in [4.69, 9.17) is 0 Å². The van der Waals surface area contributed by atoms with Gasteiger partial charge in [0.25, 0.3) is 5.91 Å². The zero-order chi connectivity index (χ0) is 9.42. The summed E-state index contributed by atoms with van der Waals surface area (Å²) in [4.78, 5) is 14.4. The van der Waals surface area contributed by atoms with Gasteiger partial charge in [-0.25, -0.2) is 0 Å². The van der Waals surface area contributed by atoms with E-state index in [0.717, 1.165) is 14.6 Å². The highest BCUT2D eigenvalue weighted by atomic mass is 79.9. The van der Waals surface area contributed by atoms with Crippen molar-refractivity contribution >= 4 is 43.8 Å². The molecule has 0 aromatic carbocycles. The topological polar surface area (TPSA) is 44.9 Å². The minimum Gasteiger partial charge on any atom is -0.347 e. The maximum atomic E-state index is 11.4. The van der Waals surface area contributed by atoms with Gasteiger partial charge in [0.15, 0.2) is 0 Å². The molecule has 5 heteroatoms. The molecule has 1 aliphatic rings. The summed E-state index contributed by atoms with van der Waals surface area (Å²) in [5.74, 6) is -0.0774. The standard InChI is InChI=1S/C8H6Br2N2O/c9-5-4-2-1-3-11-8(13)6(4)12-7(5)10/h1-2,12H,3H2,(H,11,13). The van der Waals surface area contributed by atoms with Gasteiger partial charge in [0.05, 0.1) is 9.08 Å². The van der Waals surface area contributed by atoms with Gasteiger partial charge in [0.1, 0.15) is 5.69 Å².